The van der Waals surface area contributed by atoms with Gasteiger partial charge in [0.1, 0.15) is 0 Å². The Bertz CT molecular complexity index is 433. The van der Waals surface area contributed by atoms with Gasteiger partial charge in [0, 0.05) is 4.47 Å². The number of aliphatic carboxylic acids is 1. The Morgan fingerprint density at radius 2 is 1.93 bits per heavy atom. The molecule has 2 rings (SSSR count). The Morgan fingerprint density at radius 1 is 1.33 bits per heavy atom. The summed E-state index contributed by atoms with van der Waals surface area (Å²) in [5.41, 5.74) is 2.56. The highest BCUT2D eigenvalue weighted by Crippen LogP contribution is 2.50. The van der Waals surface area contributed by atoms with Crippen molar-refractivity contribution in [3.05, 3.63) is 33.3 Å². The van der Waals surface area contributed by atoms with E-state index >= 15 is 0 Å². The minimum atomic E-state index is -0.688. The number of aryl methyl sites for hydroxylation is 2. The molecule has 0 aromatic heterocycles. The average Bonchev–Trinajstić information content (AvgIpc) is 2.92. The minimum Gasteiger partial charge on any atom is -0.481 e. The lowest BCUT2D eigenvalue weighted by molar-refractivity contribution is -0.140. The third-order valence-corrected chi connectivity index (χ3v) is 4.03. The third kappa shape index (κ3) is 1.59. The van der Waals surface area contributed by atoms with E-state index in [9.17, 15) is 9.90 Å². The smallest absolute Gasteiger partial charge is 0.314 e. The fourth-order valence-corrected chi connectivity index (χ4v) is 2.48. The summed E-state index contributed by atoms with van der Waals surface area (Å²) in [7, 11) is 0. The van der Waals surface area contributed by atoms with Crippen molar-refractivity contribution in [1.29, 1.82) is 0 Å². The molecule has 1 aromatic carbocycles. The predicted molar refractivity (Wildman–Crippen MR) is 62.2 cm³/mol. The topological polar surface area (TPSA) is 37.3 Å². The zero-order chi connectivity index (χ0) is 11.2. The summed E-state index contributed by atoms with van der Waals surface area (Å²) >= 11 is 3.46. The predicted octanol–water partition coefficient (Wildman–Crippen LogP) is 3.18. The molecule has 1 aliphatic carbocycles. The van der Waals surface area contributed by atoms with Gasteiger partial charge in [-0.05, 0) is 49.4 Å². The van der Waals surface area contributed by atoms with Gasteiger partial charge >= 0.3 is 5.97 Å². The number of halogens is 1. The van der Waals surface area contributed by atoms with Gasteiger partial charge in [0.15, 0.2) is 0 Å². The number of carbonyl (C=O) groups is 1. The summed E-state index contributed by atoms with van der Waals surface area (Å²) in [6, 6.07) is 4.01. The summed E-state index contributed by atoms with van der Waals surface area (Å²) in [5.74, 6) is -0.688. The Labute approximate surface area is 97.4 Å². The van der Waals surface area contributed by atoms with Crippen LogP contribution in [0.25, 0.3) is 0 Å². The first kappa shape index (κ1) is 10.7. The molecule has 0 amide bonds. The van der Waals surface area contributed by atoms with Gasteiger partial charge in [-0.25, -0.2) is 0 Å². The molecule has 0 unspecified atom stereocenters. The van der Waals surface area contributed by atoms with Crippen molar-refractivity contribution in [3.8, 4) is 0 Å². The van der Waals surface area contributed by atoms with Crippen LogP contribution in [0.4, 0.5) is 0 Å². The summed E-state index contributed by atoms with van der Waals surface area (Å²) < 4.78 is 1.05. The molecule has 2 nitrogen and oxygen atoms in total. The highest BCUT2D eigenvalue weighted by molar-refractivity contribution is 9.10. The lowest BCUT2D eigenvalue weighted by Crippen LogP contribution is -2.20. The summed E-state index contributed by atoms with van der Waals surface area (Å²) in [5, 5.41) is 9.23. The molecular weight excluding hydrogens is 256 g/mol. The lowest BCUT2D eigenvalue weighted by Gasteiger charge is -2.15. The summed E-state index contributed by atoms with van der Waals surface area (Å²) in [6.07, 6.45) is 1.54. The zero-order valence-electron chi connectivity index (χ0n) is 8.80. The molecule has 3 heteroatoms. The van der Waals surface area contributed by atoms with Gasteiger partial charge in [-0.2, -0.15) is 0 Å². The van der Waals surface area contributed by atoms with E-state index in [4.69, 9.17) is 0 Å². The summed E-state index contributed by atoms with van der Waals surface area (Å²) in [6.45, 7) is 3.97. The van der Waals surface area contributed by atoms with Gasteiger partial charge in [-0.15, -0.1) is 0 Å². The summed E-state index contributed by atoms with van der Waals surface area (Å²) in [4.78, 5) is 11.2. The van der Waals surface area contributed by atoms with Crippen LogP contribution in [0.15, 0.2) is 16.6 Å². The average molecular weight is 269 g/mol. The molecule has 0 aliphatic heterocycles. The Balaban J connectivity index is 2.54. The molecule has 15 heavy (non-hydrogen) atoms. The van der Waals surface area contributed by atoms with Gasteiger partial charge in [-0.3, -0.25) is 4.79 Å². The normalized spacial score (nSPS) is 17.5. The quantitative estimate of drug-likeness (QED) is 0.895. The molecule has 0 saturated heterocycles. The molecule has 1 aromatic rings. The standard InChI is InChI=1S/C12H13BrO2/c1-7-6-10(13)8(2)5-9(7)12(3-4-12)11(14)15/h5-6H,3-4H2,1-2H3,(H,14,15). The maximum absolute atomic E-state index is 11.2. The van der Waals surface area contributed by atoms with Gasteiger partial charge in [0.05, 0.1) is 5.41 Å². The van der Waals surface area contributed by atoms with Crippen molar-refractivity contribution in [2.45, 2.75) is 32.1 Å². The second-order valence-electron chi connectivity index (χ2n) is 4.30. The molecule has 0 radical (unpaired) electrons. The number of benzene rings is 1. The number of rotatable bonds is 2. The van der Waals surface area contributed by atoms with E-state index in [0.29, 0.717) is 0 Å². The van der Waals surface area contributed by atoms with Crippen molar-refractivity contribution in [1.82, 2.24) is 0 Å². The molecule has 0 spiro atoms. The molecule has 1 fully saturated rings. The molecule has 0 heterocycles. The number of carboxylic acid groups (broad SMARTS) is 1. The van der Waals surface area contributed by atoms with Crippen LogP contribution in [0.2, 0.25) is 0 Å². The van der Waals surface area contributed by atoms with Gasteiger partial charge in [0.2, 0.25) is 0 Å². The maximum atomic E-state index is 11.2. The number of carboxylic acids is 1. The van der Waals surface area contributed by atoms with Crippen molar-refractivity contribution in [3.63, 3.8) is 0 Å². The first-order chi connectivity index (χ1) is 6.97. The first-order valence-electron chi connectivity index (χ1n) is 4.98. The second kappa shape index (κ2) is 3.34. The Kier molecular flexibility index (Phi) is 2.38. The third-order valence-electron chi connectivity index (χ3n) is 3.18. The van der Waals surface area contributed by atoms with Crippen LogP contribution in [0, 0.1) is 13.8 Å². The van der Waals surface area contributed by atoms with E-state index < -0.39 is 11.4 Å². The van der Waals surface area contributed by atoms with Crippen LogP contribution in [0.3, 0.4) is 0 Å². The van der Waals surface area contributed by atoms with E-state index in [2.05, 4.69) is 15.9 Å². The molecule has 1 N–H and O–H groups in total. The van der Waals surface area contributed by atoms with Crippen LogP contribution in [0.1, 0.15) is 29.5 Å². The lowest BCUT2D eigenvalue weighted by atomic mass is 9.91. The number of hydrogen-bond acceptors (Lipinski definition) is 1. The fraction of sp³-hybridized carbons (Fsp3) is 0.417. The molecule has 0 bridgehead atoms. The van der Waals surface area contributed by atoms with Gasteiger partial charge in [0.25, 0.3) is 0 Å². The van der Waals surface area contributed by atoms with Crippen molar-refractivity contribution >= 4 is 21.9 Å². The zero-order valence-corrected chi connectivity index (χ0v) is 10.4. The van der Waals surface area contributed by atoms with Crippen molar-refractivity contribution in [2.75, 3.05) is 0 Å². The highest BCUT2D eigenvalue weighted by atomic mass is 79.9. The molecule has 0 atom stereocenters. The van der Waals surface area contributed by atoms with Crippen LogP contribution >= 0.6 is 15.9 Å². The van der Waals surface area contributed by atoms with E-state index in [1.807, 2.05) is 26.0 Å². The largest absolute Gasteiger partial charge is 0.481 e. The number of hydrogen-bond donors (Lipinski definition) is 1. The monoisotopic (exact) mass is 268 g/mol. The fourth-order valence-electron chi connectivity index (χ4n) is 2.02. The Morgan fingerprint density at radius 3 is 2.40 bits per heavy atom. The molecule has 1 saturated carbocycles. The van der Waals surface area contributed by atoms with Crippen LogP contribution in [0.5, 0.6) is 0 Å². The maximum Gasteiger partial charge on any atom is 0.314 e. The van der Waals surface area contributed by atoms with Gasteiger partial charge in [-0.1, -0.05) is 22.0 Å². The first-order valence-corrected chi connectivity index (χ1v) is 5.77. The highest BCUT2D eigenvalue weighted by Gasteiger charge is 2.52. The molecule has 80 valence electrons. The van der Waals surface area contributed by atoms with Crippen LogP contribution in [-0.2, 0) is 10.2 Å². The van der Waals surface area contributed by atoms with Gasteiger partial charge < -0.3 is 5.11 Å². The molecule has 1 aliphatic rings. The van der Waals surface area contributed by atoms with Crippen LogP contribution < -0.4 is 0 Å². The van der Waals surface area contributed by atoms with Crippen LogP contribution in [-0.4, -0.2) is 11.1 Å². The van der Waals surface area contributed by atoms with E-state index in [0.717, 1.165) is 34.0 Å². The SMILES string of the molecule is Cc1cc(C2(C(=O)O)CC2)c(C)cc1Br. The van der Waals surface area contributed by atoms with Crippen molar-refractivity contribution < 1.29 is 9.90 Å². The minimum absolute atomic E-state index is 0.588. The van der Waals surface area contributed by atoms with Crippen molar-refractivity contribution in [2.24, 2.45) is 0 Å². The molecular formula is C12H13BrO2. The van der Waals surface area contributed by atoms with E-state index in [-0.39, 0.29) is 0 Å². The second-order valence-corrected chi connectivity index (χ2v) is 5.16. The van der Waals surface area contributed by atoms with E-state index in [1.54, 1.807) is 0 Å². The van der Waals surface area contributed by atoms with E-state index in [1.165, 1.54) is 0 Å². The Hall–Kier alpha value is -0.830.